The van der Waals surface area contributed by atoms with Gasteiger partial charge in [0.05, 0.1) is 0 Å². The van der Waals surface area contributed by atoms with Gasteiger partial charge in [-0.25, -0.2) is 4.79 Å². The molecule has 5 heteroatoms. The Kier molecular flexibility index (Phi) is 5.16. The van der Waals surface area contributed by atoms with Gasteiger partial charge in [0.1, 0.15) is 5.60 Å². The Balaban J connectivity index is 1.94. The smallest absolute Gasteiger partial charge is 0.410 e. The Morgan fingerprint density at radius 2 is 1.82 bits per heavy atom. The van der Waals surface area contributed by atoms with Crippen LogP contribution in [0.3, 0.4) is 0 Å². The van der Waals surface area contributed by atoms with Crippen LogP contribution in [-0.2, 0) is 4.74 Å². The van der Waals surface area contributed by atoms with E-state index in [4.69, 9.17) is 4.74 Å². The van der Waals surface area contributed by atoms with E-state index < -0.39 is 5.60 Å². The molecule has 1 aliphatic rings. The van der Waals surface area contributed by atoms with Crippen LogP contribution >= 0.6 is 11.8 Å². The van der Waals surface area contributed by atoms with E-state index in [0.29, 0.717) is 18.7 Å². The molecular formula is C17H23NO3S. The number of amides is 1. The maximum Gasteiger partial charge on any atom is 0.410 e. The van der Waals surface area contributed by atoms with Crippen molar-refractivity contribution >= 4 is 23.0 Å². The first-order valence-electron chi connectivity index (χ1n) is 7.50. The van der Waals surface area contributed by atoms with Gasteiger partial charge in [-0.15, -0.1) is 0 Å². The molecule has 2 rings (SSSR count). The minimum Gasteiger partial charge on any atom is -0.444 e. The molecular weight excluding hydrogens is 298 g/mol. The monoisotopic (exact) mass is 321 g/mol. The molecule has 0 bridgehead atoms. The topological polar surface area (TPSA) is 46.6 Å². The molecule has 0 aromatic heterocycles. The van der Waals surface area contributed by atoms with Gasteiger partial charge in [0.25, 0.3) is 0 Å². The summed E-state index contributed by atoms with van der Waals surface area (Å²) in [6.07, 6.45) is -0.297. The highest BCUT2D eigenvalue weighted by molar-refractivity contribution is 8.14. The molecule has 120 valence electrons. The summed E-state index contributed by atoms with van der Waals surface area (Å²) in [5.41, 5.74) is 0.209. The first-order chi connectivity index (χ1) is 10.3. The van der Waals surface area contributed by atoms with Gasteiger partial charge in [0.15, 0.2) is 0 Å². The molecule has 1 fully saturated rings. The summed E-state index contributed by atoms with van der Waals surface area (Å²) in [4.78, 5) is 26.1. The zero-order valence-electron chi connectivity index (χ0n) is 13.5. The van der Waals surface area contributed by atoms with Crippen LogP contribution in [-0.4, -0.2) is 40.0 Å². The van der Waals surface area contributed by atoms with Crippen molar-refractivity contribution in [3.8, 4) is 0 Å². The third kappa shape index (κ3) is 4.50. The zero-order chi connectivity index (χ0) is 16.3. The van der Waals surface area contributed by atoms with Gasteiger partial charge in [0.2, 0.25) is 5.12 Å². The minimum absolute atomic E-state index is 0.0588. The Morgan fingerprint density at radius 3 is 2.41 bits per heavy atom. The lowest BCUT2D eigenvalue weighted by atomic mass is 10.1. The van der Waals surface area contributed by atoms with E-state index in [1.165, 1.54) is 11.8 Å². The van der Waals surface area contributed by atoms with Gasteiger partial charge in [0, 0.05) is 23.9 Å². The summed E-state index contributed by atoms with van der Waals surface area (Å²) in [5, 5.41) is 0.170. The lowest BCUT2D eigenvalue weighted by Gasteiger charge is -2.24. The van der Waals surface area contributed by atoms with Crippen molar-refractivity contribution in [2.24, 2.45) is 5.92 Å². The largest absolute Gasteiger partial charge is 0.444 e. The van der Waals surface area contributed by atoms with Crippen LogP contribution in [0.15, 0.2) is 30.3 Å². The fourth-order valence-electron chi connectivity index (χ4n) is 2.35. The lowest BCUT2D eigenvalue weighted by molar-refractivity contribution is 0.0289. The van der Waals surface area contributed by atoms with Crippen molar-refractivity contribution in [2.75, 3.05) is 13.1 Å². The summed E-state index contributed by atoms with van der Waals surface area (Å²) in [6.45, 7) is 8.83. The number of hydrogen-bond acceptors (Lipinski definition) is 4. The maximum atomic E-state index is 12.3. The SMILES string of the molecule is C[C@@H]1CN(C(=O)OC(C)(C)C)C[C@H]1SC(=O)c1ccccc1. The highest BCUT2D eigenvalue weighted by Gasteiger charge is 2.36. The number of likely N-dealkylation sites (tertiary alicyclic amines) is 1. The van der Waals surface area contributed by atoms with Gasteiger partial charge in [-0.05, 0) is 26.7 Å². The van der Waals surface area contributed by atoms with E-state index in [9.17, 15) is 9.59 Å². The van der Waals surface area contributed by atoms with Crippen LogP contribution in [0.25, 0.3) is 0 Å². The fraction of sp³-hybridized carbons (Fsp3) is 0.529. The summed E-state index contributed by atoms with van der Waals surface area (Å²) in [6, 6.07) is 9.25. The Labute approximate surface area is 136 Å². The van der Waals surface area contributed by atoms with Crippen molar-refractivity contribution in [2.45, 2.75) is 38.5 Å². The molecule has 1 saturated heterocycles. The summed E-state index contributed by atoms with van der Waals surface area (Å²) >= 11 is 1.32. The molecule has 1 amide bonds. The number of rotatable bonds is 2. The van der Waals surface area contributed by atoms with Crippen LogP contribution < -0.4 is 0 Å². The van der Waals surface area contributed by atoms with Crippen LogP contribution in [0, 0.1) is 5.92 Å². The van der Waals surface area contributed by atoms with E-state index in [1.54, 1.807) is 4.90 Å². The lowest BCUT2D eigenvalue weighted by Crippen LogP contribution is -2.35. The van der Waals surface area contributed by atoms with E-state index in [0.717, 1.165) is 0 Å². The van der Waals surface area contributed by atoms with Gasteiger partial charge < -0.3 is 9.64 Å². The first-order valence-corrected chi connectivity index (χ1v) is 8.38. The number of carbonyl (C=O) groups excluding carboxylic acids is 2. The van der Waals surface area contributed by atoms with Crippen LogP contribution in [0.4, 0.5) is 4.79 Å². The molecule has 0 N–H and O–H groups in total. The second-order valence-electron chi connectivity index (χ2n) is 6.67. The van der Waals surface area contributed by atoms with Crippen LogP contribution in [0.1, 0.15) is 38.1 Å². The zero-order valence-corrected chi connectivity index (χ0v) is 14.4. The Morgan fingerprint density at radius 1 is 1.18 bits per heavy atom. The second kappa shape index (κ2) is 6.73. The molecule has 1 aromatic rings. The molecule has 1 aliphatic heterocycles. The molecule has 1 heterocycles. The van der Waals surface area contributed by atoms with Crippen molar-refractivity contribution in [1.82, 2.24) is 4.90 Å². The van der Waals surface area contributed by atoms with Crippen LogP contribution in [0.5, 0.6) is 0 Å². The van der Waals surface area contributed by atoms with Crippen molar-refractivity contribution in [1.29, 1.82) is 0 Å². The number of benzene rings is 1. The van der Waals surface area contributed by atoms with Crippen LogP contribution in [0.2, 0.25) is 0 Å². The highest BCUT2D eigenvalue weighted by atomic mass is 32.2. The number of thioether (sulfide) groups is 1. The molecule has 22 heavy (non-hydrogen) atoms. The van der Waals surface area contributed by atoms with E-state index >= 15 is 0 Å². The predicted molar refractivity (Wildman–Crippen MR) is 89.1 cm³/mol. The van der Waals surface area contributed by atoms with Gasteiger partial charge in [-0.3, -0.25) is 4.79 Å². The molecule has 4 nitrogen and oxygen atoms in total. The fourth-order valence-corrected chi connectivity index (χ4v) is 3.47. The normalized spacial score (nSPS) is 21.7. The quantitative estimate of drug-likeness (QED) is 0.831. The standard InChI is InChI=1S/C17H23NO3S/c1-12-10-18(16(20)21-17(2,3)4)11-14(12)22-15(19)13-8-6-5-7-9-13/h5-9,12,14H,10-11H2,1-4H3/t12-,14-/m1/s1. The Hall–Kier alpha value is -1.49. The van der Waals surface area contributed by atoms with E-state index in [-0.39, 0.29) is 22.4 Å². The van der Waals surface area contributed by atoms with Crippen molar-refractivity contribution in [3.05, 3.63) is 35.9 Å². The molecule has 0 radical (unpaired) electrons. The van der Waals surface area contributed by atoms with Crippen molar-refractivity contribution in [3.63, 3.8) is 0 Å². The van der Waals surface area contributed by atoms with Gasteiger partial charge in [-0.2, -0.15) is 0 Å². The van der Waals surface area contributed by atoms with Crippen molar-refractivity contribution < 1.29 is 14.3 Å². The number of nitrogens with zero attached hydrogens (tertiary/aromatic N) is 1. The van der Waals surface area contributed by atoms with E-state index in [2.05, 4.69) is 6.92 Å². The third-order valence-electron chi connectivity index (χ3n) is 3.46. The second-order valence-corrected chi connectivity index (χ2v) is 7.88. The molecule has 0 saturated carbocycles. The number of hydrogen-bond donors (Lipinski definition) is 0. The minimum atomic E-state index is -0.495. The summed E-state index contributed by atoms with van der Waals surface area (Å²) < 4.78 is 5.40. The average molecular weight is 321 g/mol. The summed E-state index contributed by atoms with van der Waals surface area (Å²) in [5.74, 6) is 0.269. The molecule has 0 aliphatic carbocycles. The molecule has 0 unspecified atom stereocenters. The van der Waals surface area contributed by atoms with E-state index in [1.807, 2.05) is 51.1 Å². The number of ether oxygens (including phenoxy) is 1. The molecule has 1 aromatic carbocycles. The predicted octanol–water partition coefficient (Wildman–Crippen LogP) is 3.82. The first kappa shape index (κ1) is 16.9. The summed E-state index contributed by atoms with van der Waals surface area (Å²) in [7, 11) is 0. The maximum absolute atomic E-state index is 12.3. The average Bonchev–Trinajstić information content (AvgIpc) is 2.79. The van der Waals surface area contributed by atoms with Gasteiger partial charge >= 0.3 is 6.09 Å². The Bertz CT molecular complexity index is 539. The molecule has 2 atom stereocenters. The highest BCUT2D eigenvalue weighted by Crippen LogP contribution is 2.31. The third-order valence-corrected chi connectivity index (χ3v) is 4.83. The van der Waals surface area contributed by atoms with Gasteiger partial charge in [-0.1, -0.05) is 49.0 Å². The number of carbonyl (C=O) groups is 2. The molecule has 0 spiro atoms.